The molecular weight excluding hydrogens is 380 g/mol. The fourth-order valence-electron chi connectivity index (χ4n) is 3.26. The molecule has 1 atom stereocenters. The van der Waals surface area contributed by atoms with E-state index in [1.165, 1.54) is 16.9 Å². The summed E-state index contributed by atoms with van der Waals surface area (Å²) in [6, 6.07) is 6.74. The first kappa shape index (κ1) is 18.5. The van der Waals surface area contributed by atoms with Crippen LogP contribution >= 0.6 is 0 Å². The molecule has 0 radical (unpaired) electrons. The average Bonchev–Trinajstić information content (AvgIpc) is 3.33. The lowest BCUT2D eigenvalue weighted by molar-refractivity contribution is -0.152. The smallest absolute Gasteiger partial charge is 0.337 e. The Morgan fingerprint density at radius 2 is 2.03 bits per heavy atom. The van der Waals surface area contributed by atoms with Crippen LogP contribution in [0.2, 0.25) is 0 Å². The summed E-state index contributed by atoms with van der Waals surface area (Å²) in [4.78, 5) is 49.8. The van der Waals surface area contributed by atoms with Gasteiger partial charge in [-0.15, -0.1) is 0 Å². The number of rotatable bonds is 6. The maximum absolute atomic E-state index is 13.1. The Kier molecular flexibility index (Phi) is 4.63. The first-order chi connectivity index (χ1) is 14.0. The molecule has 3 aromatic rings. The third-order valence-electron chi connectivity index (χ3n) is 4.57. The summed E-state index contributed by atoms with van der Waals surface area (Å²) < 4.78 is 17.4. The molecule has 1 fully saturated rings. The van der Waals surface area contributed by atoms with Crippen molar-refractivity contribution < 1.29 is 23.5 Å². The average molecular weight is 396 g/mol. The molecule has 0 amide bonds. The standard InChI is InChI=1S/C20H16N2O7/c1-2-7-27-12-5-6-15-14(9-12)18(24)22(16-10-17(23)29-19(16)25)20(26)21(15)11-13-4-3-8-28-13/h2-6,8-9,16H,1,7,10-11H2/t16-/m0/s1. The zero-order valence-corrected chi connectivity index (χ0v) is 15.2. The third kappa shape index (κ3) is 3.27. The lowest BCUT2D eigenvalue weighted by atomic mass is 10.2. The highest BCUT2D eigenvalue weighted by molar-refractivity contribution is 5.96. The minimum absolute atomic E-state index is 0.0329. The molecule has 0 aliphatic carbocycles. The second-order valence-corrected chi connectivity index (χ2v) is 6.41. The Labute approximate surface area is 163 Å². The van der Waals surface area contributed by atoms with Gasteiger partial charge in [-0.05, 0) is 30.3 Å². The maximum atomic E-state index is 13.1. The SMILES string of the molecule is C=CCOc1ccc2c(c1)c(=O)n([C@H]1CC(=O)OC1=O)c(=O)n2Cc1ccco1. The topological polar surface area (TPSA) is 110 Å². The largest absolute Gasteiger partial charge is 0.490 e. The quantitative estimate of drug-likeness (QED) is 0.352. The van der Waals surface area contributed by atoms with Crippen LogP contribution in [0, 0.1) is 0 Å². The van der Waals surface area contributed by atoms with Crippen molar-refractivity contribution in [3.8, 4) is 5.75 Å². The first-order valence-corrected chi connectivity index (χ1v) is 8.79. The van der Waals surface area contributed by atoms with Gasteiger partial charge in [-0.25, -0.2) is 14.2 Å². The molecule has 1 aliphatic rings. The number of esters is 2. The molecule has 1 saturated heterocycles. The van der Waals surface area contributed by atoms with Crippen molar-refractivity contribution in [3.63, 3.8) is 0 Å². The monoisotopic (exact) mass is 396 g/mol. The van der Waals surface area contributed by atoms with Crippen molar-refractivity contribution in [2.45, 2.75) is 19.0 Å². The lowest BCUT2D eigenvalue weighted by Gasteiger charge is -2.16. The van der Waals surface area contributed by atoms with Gasteiger partial charge >= 0.3 is 17.6 Å². The summed E-state index contributed by atoms with van der Waals surface area (Å²) in [5, 5.41) is 0.157. The van der Waals surface area contributed by atoms with E-state index >= 15 is 0 Å². The highest BCUT2D eigenvalue weighted by Gasteiger charge is 2.37. The van der Waals surface area contributed by atoms with E-state index in [0.717, 1.165) is 4.57 Å². The summed E-state index contributed by atoms with van der Waals surface area (Å²) in [5.41, 5.74) is -1.10. The van der Waals surface area contributed by atoms with Gasteiger partial charge in [0.2, 0.25) is 0 Å². The van der Waals surface area contributed by atoms with Crippen molar-refractivity contribution in [2.24, 2.45) is 0 Å². The molecule has 9 nitrogen and oxygen atoms in total. The highest BCUT2D eigenvalue weighted by Crippen LogP contribution is 2.22. The second kappa shape index (κ2) is 7.27. The van der Waals surface area contributed by atoms with Crippen LogP contribution in [-0.4, -0.2) is 27.7 Å². The molecule has 1 aliphatic heterocycles. The van der Waals surface area contributed by atoms with E-state index in [1.54, 1.807) is 30.3 Å². The van der Waals surface area contributed by atoms with Crippen LogP contribution in [0.4, 0.5) is 0 Å². The Morgan fingerprint density at radius 3 is 2.69 bits per heavy atom. The van der Waals surface area contributed by atoms with Crippen LogP contribution in [0.1, 0.15) is 18.2 Å². The van der Waals surface area contributed by atoms with Gasteiger partial charge in [-0.3, -0.25) is 14.2 Å². The number of nitrogens with zero attached hydrogens (tertiary/aromatic N) is 2. The van der Waals surface area contributed by atoms with Gasteiger partial charge in [0.15, 0.2) is 6.04 Å². The van der Waals surface area contributed by atoms with Gasteiger partial charge in [0.05, 0.1) is 30.1 Å². The van der Waals surface area contributed by atoms with Gasteiger partial charge in [-0.2, -0.15) is 0 Å². The molecule has 3 heterocycles. The van der Waals surface area contributed by atoms with Crippen molar-refractivity contribution in [2.75, 3.05) is 6.61 Å². The number of benzene rings is 1. The molecule has 0 saturated carbocycles. The van der Waals surface area contributed by atoms with E-state index in [-0.39, 0.29) is 25.0 Å². The van der Waals surface area contributed by atoms with Crippen molar-refractivity contribution in [3.05, 3.63) is 75.8 Å². The normalized spacial score (nSPS) is 16.2. The van der Waals surface area contributed by atoms with Crippen LogP contribution < -0.4 is 16.0 Å². The first-order valence-electron chi connectivity index (χ1n) is 8.79. The Balaban J connectivity index is 1.97. The Bertz CT molecular complexity index is 1230. The van der Waals surface area contributed by atoms with Crippen molar-refractivity contribution in [1.29, 1.82) is 0 Å². The number of ether oxygens (including phenoxy) is 2. The minimum atomic E-state index is -1.31. The van der Waals surface area contributed by atoms with Gasteiger partial charge < -0.3 is 13.9 Å². The Hall–Kier alpha value is -3.88. The van der Waals surface area contributed by atoms with Gasteiger partial charge in [-0.1, -0.05) is 12.7 Å². The Morgan fingerprint density at radius 1 is 1.21 bits per heavy atom. The van der Waals surface area contributed by atoms with Gasteiger partial charge in [0, 0.05) is 0 Å². The predicted molar refractivity (Wildman–Crippen MR) is 101 cm³/mol. The molecule has 0 unspecified atom stereocenters. The summed E-state index contributed by atoms with van der Waals surface area (Å²) in [6.45, 7) is 3.84. The number of fused-ring (bicyclic) bond motifs is 1. The van der Waals surface area contributed by atoms with Crippen LogP contribution in [0.3, 0.4) is 0 Å². The molecule has 0 bridgehead atoms. The van der Waals surface area contributed by atoms with Crippen LogP contribution in [0.25, 0.3) is 10.9 Å². The zero-order valence-electron chi connectivity index (χ0n) is 15.2. The van der Waals surface area contributed by atoms with E-state index in [2.05, 4.69) is 11.3 Å². The molecule has 0 N–H and O–H groups in total. The lowest BCUT2D eigenvalue weighted by Crippen LogP contribution is -2.43. The van der Waals surface area contributed by atoms with E-state index in [9.17, 15) is 19.2 Å². The summed E-state index contributed by atoms with van der Waals surface area (Å²) in [6.07, 6.45) is 2.64. The number of furan rings is 1. The zero-order chi connectivity index (χ0) is 20.5. The molecule has 9 heteroatoms. The molecule has 2 aromatic heterocycles. The fraction of sp³-hybridized carbons (Fsp3) is 0.200. The number of hydrogen-bond donors (Lipinski definition) is 0. The predicted octanol–water partition coefficient (Wildman–Crippen LogP) is 1.38. The van der Waals surface area contributed by atoms with Crippen LogP contribution in [-0.2, 0) is 20.9 Å². The molecule has 0 spiro atoms. The van der Waals surface area contributed by atoms with Gasteiger partial charge in [0.1, 0.15) is 18.1 Å². The third-order valence-corrected chi connectivity index (χ3v) is 4.57. The fourth-order valence-corrected chi connectivity index (χ4v) is 3.26. The van der Waals surface area contributed by atoms with E-state index in [1.807, 2.05) is 0 Å². The highest BCUT2D eigenvalue weighted by atomic mass is 16.6. The summed E-state index contributed by atoms with van der Waals surface area (Å²) >= 11 is 0. The number of cyclic esters (lactones) is 2. The molecule has 148 valence electrons. The van der Waals surface area contributed by atoms with E-state index in [4.69, 9.17) is 9.15 Å². The number of hydrogen-bond acceptors (Lipinski definition) is 7. The minimum Gasteiger partial charge on any atom is -0.490 e. The van der Waals surface area contributed by atoms with E-state index < -0.39 is 29.2 Å². The van der Waals surface area contributed by atoms with E-state index in [0.29, 0.717) is 17.0 Å². The number of carbonyl (C=O) groups excluding carboxylic acids is 2. The molecular formula is C20H16N2O7. The molecule has 1 aromatic carbocycles. The van der Waals surface area contributed by atoms with Crippen LogP contribution in [0.5, 0.6) is 5.75 Å². The maximum Gasteiger partial charge on any atom is 0.337 e. The second-order valence-electron chi connectivity index (χ2n) is 6.41. The molecule has 29 heavy (non-hydrogen) atoms. The summed E-state index contributed by atoms with van der Waals surface area (Å²) in [7, 11) is 0. The van der Waals surface area contributed by atoms with Gasteiger partial charge in [0.25, 0.3) is 5.56 Å². The number of carbonyl (C=O) groups is 2. The summed E-state index contributed by atoms with van der Waals surface area (Å²) in [5.74, 6) is -0.839. The van der Waals surface area contributed by atoms with Crippen LogP contribution in [0.15, 0.2) is 63.3 Å². The van der Waals surface area contributed by atoms with Crippen molar-refractivity contribution in [1.82, 2.24) is 9.13 Å². The molecule has 4 rings (SSSR count). The number of aromatic nitrogens is 2. The van der Waals surface area contributed by atoms with Crippen molar-refractivity contribution >= 4 is 22.8 Å².